The van der Waals surface area contributed by atoms with Crippen LogP contribution in [0, 0.1) is 0 Å². The standard InChI is InChI=1S/C13H14N2O4/c1-17-9-3-2-4-10-11(9)12(16)14-13(19-10)15-5-7-18-8-6-15/h2-4H,5-8H2,1H3. The van der Waals surface area contributed by atoms with Crippen molar-refractivity contribution in [2.75, 3.05) is 38.3 Å². The number of ether oxygens (including phenoxy) is 2. The van der Waals surface area contributed by atoms with Gasteiger partial charge in [0.05, 0.1) is 20.3 Å². The number of aromatic nitrogens is 1. The second-order valence-electron chi connectivity index (χ2n) is 4.23. The third kappa shape index (κ3) is 2.15. The molecule has 2 aromatic rings. The van der Waals surface area contributed by atoms with Crippen LogP contribution in [-0.2, 0) is 4.74 Å². The van der Waals surface area contributed by atoms with Gasteiger partial charge in [0.15, 0.2) is 0 Å². The Morgan fingerprint density at radius 3 is 2.84 bits per heavy atom. The van der Waals surface area contributed by atoms with Gasteiger partial charge in [-0.2, -0.15) is 4.98 Å². The highest BCUT2D eigenvalue weighted by molar-refractivity contribution is 5.83. The van der Waals surface area contributed by atoms with Crippen molar-refractivity contribution in [3.05, 3.63) is 28.6 Å². The zero-order valence-electron chi connectivity index (χ0n) is 10.6. The molecule has 1 aliphatic heterocycles. The van der Waals surface area contributed by atoms with Gasteiger partial charge in [-0.25, -0.2) is 0 Å². The molecule has 100 valence electrons. The monoisotopic (exact) mass is 262 g/mol. The van der Waals surface area contributed by atoms with Crippen molar-refractivity contribution in [2.45, 2.75) is 0 Å². The SMILES string of the molecule is COc1cccc2oc(N3CCOCC3)nc(=O)c12. The number of hydrogen-bond donors (Lipinski definition) is 0. The van der Waals surface area contributed by atoms with Gasteiger partial charge in [0.1, 0.15) is 16.7 Å². The molecule has 19 heavy (non-hydrogen) atoms. The summed E-state index contributed by atoms with van der Waals surface area (Å²) in [5.41, 5.74) is 0.154. The van der Waals surface area contributed by atoms with Gasteiger partial charge in [0.2, 0.25) is 0 Å². The molecule has 1 aliphatic rings. The molecule has 0 N–H and O–H groups in total. The van der Waals surface area contributed by atoms with Crippen molar-refractivity contribution >= 4 is 17.0 Å². The van der Waals surface area contributed by atoms with Crippen LogP contribution < -0.4 is 15.2 Å². The number of fused-ring (bicyclic) bond motifs is 1. The van der Waals surface area contributed by atoms with Crippen LogP contribution in [0.15, 0.2) is 27.4 Å². The largest absolute Gasteiger partial charge is 0.496 e. The lowest BCUT2D eigenvalue weighted by Gasteiger charge is -2.25. The van der Waals surface area contributed by atoms with Crippen LogP contribution in [0.25, 0.3) is 11.0 Å². The van der Waals surface area contributed by atoms with Crippen molar-refractivity contribution in [1.82, 2.24) is 4.98 Å². The normalized spacial score (nSPS) is 15.7. The first kappa shape index (κ1) is 12.0. The summed E-state index contributed by atoms with van der Waals surface area (Å²) in [7, 11) is 1.52. The molecule has 0 amide bonds. The van der Waals surface area contributed by atoms with Crippen LogP contribution in [0.4, 0.5) is 6.01 Å². The minimum absolute atomic E-state index is 0.333. The number of rotatable bonds is 2. The quantitative estimate of drug-likeness (QED) is 0.805. The van der Waals surface area contributed by atoms with E-state index in [4.69, 9.17) is 13.9 Å². The van der Waals surface area contributed by atoms with E-state index >= 15 is 0 Å². The fourth-order valence-electron chi connectivity index (χ4n) is 2.13. The first-order chi connectivity index (χ1) is 9.29. The third-order valence-electron chi connectivity index (χ3n) is 3.10. The number of anilines is 1. The van der Waals surface area contributed by atoms with Crippen LogP contribution >= 0.6 is 0 Å². The van der Waals surface area contributed by atoms with E-state index in [1.54, 1.807) is 18.2 Å². The van der Waals surface area contributed by atoms with Crippen molar-refractivity contribution < 1.29 is 13.9 Å². The highest BCUT2D eigenvalue weighted by Gasteiger charge is 2.18. The number of methoxy groups -OCH3 is 1. The predicted molar refractivity (Wildman–Crippen MR) is 69.9 cm³/mol. The second-order valence-corrected chi connectivity index (χ2v) is 4.23. The topological polar surface area (TPSA) is 64.8 Å². The van der Waals surface area contributed by atoms with Gasteiger partial charge >= 0.3 is 6.01 Å². The molecule has 0 atom stereocenters. The first-order valence-electron chi connectivity index (χ1n) is 6.10. The molecule has 0 radical (unpaired) electrons. The summed E-state index contributed by atoms with van der Waals surface area (Å²) in [5, 5.41) is 0.377. The van der Waals surface area contributed by atoms with E-state index in [2.05, 4.69) is 4.98 Å². The van der Waals surface area contributed by atoms with Crippen LogP contribution in [0.5, 0.6) is 5.75 Å². The fourth-order valence-corrected chi connectivity index (χ4v) is 2.13. The Morgan fingerprint density at radius 2 is 2.11 bits per heavy atom. The zero-order valence-corrected chi connectivity index (χ0v) is 10.6. The molecule has 1 fully saturated rings. The lowest BCUT2D eigenvalue weighted by Crippen LogP contribution is -2.37. The highest BCUT2D eigenvalue weighted by atomic mass is 16.5. The average molecular weight is 262 g/mol. The van der Waals surface area contributed by atoms with Crippen LogP contribution in [0.1, 0.15) is 0 Å². The smallest absolute Gasteiger partial charge is 0.301 e. The molecule has 6 nitrogen and oxygen atoms in total. The van der Waals surface area contributed by atoms with E-state index in [1.165, 1.54) is 7.11 Å². The number of nitrogens with zero attached hydrogens (tertiary/aromatic N) is 2. The van der Waals surface area contributed by atoms with Gasteiger partial charge in [-0.15, -0.1) is 0 Å². The van der Waals surface area contributed by atoms with E-state index in [-0.39, 0.29) is 5.56 Å². The molecule has 0 bridgehead atoms. The van der Waals surface area contributed by atoms with Crippen LogP contribution in [-0.4, -0.2) is 38.4 Å². The van der Waals surface area contributed by atoms with E-state index in [0.717, 1.165) is 0 Å². The Bertz CT molecular complexity index is 647. The molecule has 0 aliphatic carbocycles. The average Bonchev–Trinajstić information content (AvgIpc) is 2.47. The van der Waals surface area contributed by atoms with Gasteiger partial charge in [0, 0.05) is 13.1 Å². The third-order valence-corrected chi connectivity index (χ3v) is 3.10. The van der Waals surface area contributed by atoms with Crippen molar-refractivity contribution in [3.63, 3.8) is 0 Å². The predicted octanol–water partition coefficient (Wildman–Crippen LogP) is 1.03. The molecular weight excluding hydrogens is 248 g/mol. The molecular formula is C13H14N2O4. The Labute approximate surface area is 109 Å². The summed E-state index contributed by atoms with van der Waals surface area (Å²) in [6, 6.07) is 5.59. The zero-order chi connectivity index (χ0) is 13.2. The molecule has 0 spiro atoms. The van der Waals surface area contributed by atoms with E-state index in [0.29, 0.717) is 49.0 Å². The van der Waals surface area contributed by atoms with Gasteiger partial charge in [0.25, 0.3) is 5.56 Å². The molecule has 3 rings (SSSR count). The Morgan fingerprint density at radius 1 is 1.32 bits per heavy atom. The van der Waals surface area contributed by atoms with Crippen LogP contribution in [0.3, 0.4) is 0 Å². The minimum Gasteiger partial charge on any atom is -0.496 e. The van der Waals surface area contributed by atoms with E-state index < -0.39 is 0 Å². The summed E-state index contributed by atoms with van der Waals surface area (Å²) in [6.07, 6.45) is 0. The van der Waals surface area contributed by atoms with E-state index in [1.807, 2.05) is 4.90 Å². The van der Waals surface area contributed by atoms with Gasteiger partial charge in [-0.05, 0) is 12.1 Å². The molecule has 2 heterocycles. The van der Waals surface area contributed by atoms with Gasteiger partial charge in [-0.3, -0.25) is 4.79 Å². The van der Waals surface area contributed by atoms with Gasteiger partial charge < -0.3 is 18.8 Å². The maximum absolute atomic E-state index is 12.1. The summed E-state index contributed by atoms with van der Waals surface area (Å²) in [5.74, 6) is 0.479. The van der Waals surface area contributed by atoms with Crippen LogP contribution in [0.2, 0.25) is 0 Å². The highest BCUT2D eigenvalue weighted by Crippen LogP contribution is 2.24. The minimum atomic E-state index is -0.333. The molecule has 1 saturated heterocycles. The summed E-state index contributed by atoms with van der Waals surface area (Å²) < 4.78 is 16.1. The molecule has 0 unspecified atom stereocenters. The van der Waals surface area contributed by atoms with Crippen molar-refractivity contribution in [2.24, 2.45) is 0 Å². The first-order valence-corrected chi connectivity index (χ1v) is 6.10. The fraction of sp³-hybridized carbons (Fsp3) is 0.385. The summed E-state index contributed by atoms with van der Waals surface area (Å²) >= 11 is 0. The maximum Gasteiger partial charge on any atom is 0.301 e. The Kier molecular flexibility index (Phi) is 3.08. The van der Waals surface area contributed by atoms with Crippen molar-refractivity contribution in [1.29, 1.82) is 0 Å². The summed E-state index contributed by atoms with van der Waals surface area (Å²) in [4.78, 5) is 18.0. The lowest BCUT2D eigenvalue weighted by molar-refractivity contribution is 0.120. The summed E-state index contributed by atoms with van der Waals surface area (Å²) in [6.45, 7) is 2.57. The van der Waals surface area contributed by atoms with E-state index in [9.17, 15) is 4.79 Å². The molecule has 0 saturated carbocycles. The second kappa shape index (κ2) is 4.89. The number of benzene rings is 1. The number of morpholine rings is 1. The molecule has 6 heteroatoms. The Hall–Kier alpha value is -2.08. The Balaban J connectivity index is 2.12. The molecule has 1 aromatic carbocycles. The lowest BCUT2D eigenvalue weighted by atomic mass is 10.2. The maximum atomic E-state index is 12.1. The molecule has 1 aromatic heterocycles. The van der Waals surface area contributed by atoms with Gasteiger partial charge in [-0.1, -0.05) is 6.07 Å². The van der Waals surface area contributed by atoms with Crippen molar-refractivity contribution in [3.8, 4) is 5.75 Å². The number of hydrogen-bond acceptors (Lipinski definition) is 6.